The second kappa shape index (κ2) is 5.93. The summed E-state index contributed by atoms with van der Waals surface area (Å²) in [6.07, 6.45) is 1.62. The molecule has 0 bridgehead atoms. The molecule has 0 atom stereocenters. The van der Waals surface area contributed by atoms with E-state index in [-0.39, 0.29) is 5.91 Å². The van der Waals surface area contributed by atoms with Gasteiger partial charge in [-0.05, 0) is 47.1 Å². The van der Waals surface area contributed by atoms with Crippen molar-refractivity contribution in [1.82, 2.24) is 14.9 Å². The average molecular weight is 320 g/mol. The van der Waals surface area contributed by atoms with Crippen LogP contribution in [0.3, 0.4) is 0 Å². The lowest BCUT2D eigenvalue weighted by molar-refractivity contribution is 0.0777. The van der Waals surface area contributed by atoms with Crippen LogP contribution in [0.1, 0.15) is 21.9 Å². The summed E-state index contributed by atoms with van der Waals surface area (Å²) in [4.78, 5) is 22.3. The third-order valence-electron chi connectivity index (χ3n) is 2.64. The summed E-state index contributed by atoms with van der Waals surface area (Å²) in [6.45, 7) is 2.40. The highest BCUT2D eigenvalue weighted by Gasteiger charge is 2.13. The predicted molar refractivity (Wildman–Crippen MR) is 76.7 cm³/mol. The van der Waals surface area contributed by atoms with E-state index in [2.05, 4.69) is 25.9 Å². The first-order valence-corrected chi connectivity index (χ1v) is 6.65. The van der Waals surface area contributed by atoms with Gasteiger partial charge < -0.3 is 4.90 Å². The van der Waals surface area contributed by atoms with E-state index in [1.165, 1.54) is 0 Å². The van der Waals surface area contributed by atoms with E-state index >= 15 is 0 Å². The molecule has 1 amide bonds. The quantitative estimate of drug-likeness (QED) is 0.874. The lowest BCUT2D eigenvalue weighted by Gasteiger charge is -2.16. The number of aromatic nitrogens is 2. The second-order valence-electron chi connectivity index (χ2n) is 4.29. The van der Waals surface area contributed by atoms with Gasteiger partial charge in [0, 0.05) is 23.4 Å². The highest BCUT2D eigenvalue weighted by atomic mass is 79.9. The lowest BCUT2D eigenvalue weighted by Crippen LogP contribution is -2.27. The zero-order valence-electron chi connectivity index (χ0n) is 10.8. The molecular formula is C14H14BrN3O. The van der Waals surface area contributed by atoms with Gasteiger partial charge in [-0.1, -0.05) is 6.07 Å². The Balaban J connectivity index is 2.09. The Kier molecular flexibility index (Phi) is 4.27. The summed E-state index contributed by atoms with van der Waals surface area (Å²) in [6, 6.07) is 9.28. The molecule has 0 unspecified atom stereocenters. The first-order valence-electron chi connectivity index (χ1n) is 5.86. The average Bonchev–Trinajstić information content (AvgIpc) is 2.39. The van der Waals surface area contributed by atoms with Crippen LogP contribution in [0.2, 0.25) is 0 Å². The number of pyridine rings is 2. The fourth-order valence-electron chi connectivity index (χ4n) is 1.70. The zero-order chi connectivity index (χ0) is 13.8. The van der Waals surface area contributed by atoms with Crippen LogP contribution in [0.25, 0.3) is 0 Å². The zero-order valence-corrected chi connectivity index (χ0v) is 12.4. The first-order chi connectivity index (χ1) is 9.06. The van der Waals surface area contributed by atoms with Crippen molar-refractivity contribution >= 4 is 21.8 Å². The van der Waals surface area contributed by atoms with Crippen molar-refractivity contribution in [3.8, 4) is 0 Å². The highest BCUT2D eigenvalue weighted by Crippen LogP contribution is 2.10. The van der Waals surface area contributed by atoms with Gasteiger partial charge in [0.15, 0.2) is 0 Å². The molecule has 0 saturated carbocycles. The third kappa shape index (κ3) is 3.61. The van der Waals surface area contributed by atoms with E-state index in [9.17, 15) is 4.79 Å². The summed E-state index contributed by atoms with van der Waals surface area (Å²) in [5.74, 6) is -0.115. The topological polar surface area (TPSA) is 46.1 Å². The molecule has 0 spiro atoms. The summed E-state index contributed by atoms with van der Waals surface area (Å²) >= 11 is 3.30. The van der Waals surface area contributed by atoms with Crippen molar-refractivity contribution < 1.29 is 4.79 Å². The van der Waals surface area contributed by atoms with Gasteiger partial charge in [-0.25, -0.2) is 4.98 Å². The molecule has 2 rings (SSSR count). The van der Waals surface area contributed by atoms with Gasteiger partial charge in [-0.3, -0.25) is 9.78 Å². The molecule has 0 aliphatic carbocycles. The van der Waals surface area contributed by atoms with Crippen LogP contribution in [0.5, 0.6) is 0 Å². The van der Waals surface area contributed by atoms with Crippen molar-refractivity contribution in [3.63, 3.8) is 0 Å². The summed E-state index contributed by atoms with van der Waals surface area (Å²) in [5, 5.41) is 0. The maximum Gasteiger partial charge on any atom is 0.272 e. The predicted octanol–water partition coefficient (Wildman–Crippen LogP) is 2.82. The molecule has 0 radical (unpaired) electrons. The molecule has 2 aromatic rings. The monoisotopic (exact) mass is 319 g/mol. The van der Waals surface area contributed by atoms with E-state index in [0.717, 1.165) is 15.9 Å². The van der Waals surface area contributed by atoms with Gasteiger partial charge in [-0.15, -0.1) is 0 Å². The Morgan fingerprint density at radius 1 is 1.32 bits per heavy atom. The number of amides is 1. The number of carbonyl (C=O) groups excluding carboxylic acids is 1. The summed E-state index contributed by atoms with van der Waals surface area (Å²) in [5.41, 5.74) is 2.24. The van der Waals surface area contributed by atoms with Crippen LogP contribution in [0.15, 0.2) is 41.0 Å². The Morgan fingerprint density at radius 2 is 2.11 bits per heavy atom. The number of halogens is 1. The van der Waals surface area contributed by atoms with E-state index in [4.69, 9.17) is 0 Å². The number of carbonyl (C=O) groups is 1. The number of nitrogens with zero attached hydrogens (tertiary/aromatic N) is 3. The Morgan fingerprint density at radius 3 is 2.74 bits per heavy atom. The van der Waals surface area contributed by atoms with Gasteiger partial charge in [0.25, 0.3) is 5.91 Å². The van der Waals surface area contributed by atoms with Gasteiger partial charge in [0.2, 0.25) is 0 Å². The minimum Gasteiger partial charge on any atom is -0.334 e. The smallest absolute Gasteiger partial charge is 0.272 e. The standard InChI is InChI=1S/C14H14BrN3O/c1-10-4-3-5-12(17-10)9-18(2)14(19)13-7-6-11(15)8-16-13/h3-8H,9H2,1-2H3. The summed E-state index contributed by atoms with van der Waals surface area (Å²) < 4.78 is 0.854. The molecule has 0 aliphatic rings. The molecule has 0 N–H and O–H groups in total. The van der Waals surface area contributed by atoms with E-state index in [1.54, 1.807) is 30.3 Å². The molecule has 19 heavy (non-hydrogen) atoms. The molecule has 0 aliphatic heterocycles. The van der Waals surface area contributed by atoms with Gasteiger partial charge in [0.1, 0.15) is 5.69 Å². The molecule has 0 saturated heterocycles. The largest absolute Gasteiger partial charge is 0.334 e. The van der Waals surface area contributed by atoms with Gasteiger partial charge in [0.05, 0.1) is 12.2 Å². The Labute approximate surface area is 120 Å². The van der Waals surface area contributed by atoms with Crippen LogP contribution in [0.4, 0.5) is 0 Å². The first kappa shape index (κ1) is 13.7. The Hall–Kier alpha value is -1.75. The molecule has 2 heterocycles. The molecule has 0 fully saturated rings. The maximum atomic E-state index is 12.2. The molecule has 0 aromatic carbocycles. The molecule has 4 nitrogen and oxygen atoms in total. The van der Waals surface area contributed by atoms with E-state index in [1.807, 2.05) is 25.1 Å². The number of hydrogen-bond donors (Lipinski definition) is 0. The van der Waals surface area contributed by atoms with Crippen LogP contribution < -0.4 is 0 Å². The van der Waals surface area contributed by atoms with Crippen LogP contribution in [-0.4, -0.2) is 27.8 Å². The minimum absolute atomic E-state index is 0.115. The van der Waals surface area contributed by atoms with E-state index in [0.29, 0.717) is 12.2 Å². The minimum atomic E-state index is -0.115. The van der Waals surface area contributed by atoms with Crippen molar-refractivity contribution in [2.24, 2.45) is 0 Å². The van der Waals surface area contributed by atoms with Crippen LogP contribution in [0, 0.1) is 6.92 Å². The number of rotatable bonds is 3. The SMILES string of the molecule is Cc1cccc(CN(C)C(=O)c2ccc(Br)cn2)n1. The molecule has 2 aromatic heterocycles. The van der Waals surface area contributed by atoms with Crippen molar-refractivity contribution in [3.05, 3.63) is 58.1 Å². The molecule has 98 valence electrons. The summed E-state index contributed by atoms with van der Waals surface area (Å²) in [7, 11) is 1.75. The van der Waals surface area contributed by atoms with Gasteiger partial charge in [-0.2, -0.15) is 0 Å². The van der Waals surface area contributed by atoms with Crippen molar-refractivity contribution in [2.75, 3.05) is 7.05 Å². The fourth-order valence-corrected chi connectivity index (χ4v) is 1.93. The molecular weight excluding hydrogens is 306 g/mol. The third-order valence-corrected chi connectivity index (χ3v) is 3.11. The van der Waals surface area contributed by atoms with Crippen molar-refractivity contribution in [2.45, 2.75) is 13.5 Å². The normalized spacial score (nSPS) is 10.3. The lowest BCUT2D eigenvalue weighted by atomic mass is 10.2. The second-order valence-corrected chi connectivity index (χ2v) is 5.21. The number of aryl methyl sites for hydroxylation is 1. The van der Waals surface area contributed by atoms with Crippen molar-refractivity contribution in [1.29, 1.82) is 0 Å². The molecule has 5 heteroatoms. The highest BCUT2D eigenvalue weighted by molar-refractivity contribution is 9.10. The maximum absolute atomic E-state index is 12.2. The van der Waals surface area contributed by atoms with E-state index < -0.39 is 0 Å². The Bertz CT molecular complexity index is 583. The van der Waals surface area contributed by atoms with Crippen LogP contribution >= 0.6 is 15.9 Å². The van der Waals surface area contributed by atoms with Crippen LogP contribution in [-0.2, 0) is 6.54 Å². The fraction of sp³-hybridized carbons (Fsp3) is 0.214. The van der Waals surface area contributed by atoms with Gasteiger partial charge >= 0.3 is 0 Å². The number of hydrogen-bond acceptors (Lipinski definition) is 3.